The monoisotopic (exact) mass is 334 g/mol. The first-order valence-corrected chi connectivity index (χ1v) is 6.59. The molecule has 3 nitrogen and oxygen atoms in total. The summed E-state index contributed by atoms with van der Waals surface area (Å²) in [5, 5.41) is 0. The fourth-order valence-electron chi connectivity index (χ4n) is 1.68. The van der Waals surface area contributed by atoms with Gasteiger partial charge in [-0.1, -0.05) is 47.5 Å². The van der Waals surface area contributed by atoms with E-state index in [1.54, 1.807) is 11.9 Å². The molecule has 1 unspecified atom stereocenters. The number of carbonyl (C=O) groups excluding carboxylic acids is 1. The van der Waals surface area contributed by atoms with Gasteiger partial charge in [0.25, 0.3) is 0 Å². The Kier molecular flexibility index (Phi) is 8.24. The summed E-state index contributed by atoms with van der Waals surface area (Å²) in [5.41, 5.74) is 6.91. The SMILES string of the molecule is CCCC(N)C(=O)N(C)Cc1ccccc1Br.Cl. The molecular formula is C13H20BrClN2O. The van der Waals surface area contributed by atoms with Crippen LogP contribution in [-0.4, -0.2) is 23.9 Å². The number of hydrogen-bond donors (Lipinski definition) is 1. The maximum Gasteiger partial charge on any atom is 0.239 e. The predicted octanol–water partition coefficient (Wildman–Crippen LogP) is 2.96. The van der Waals surface area contributed by atoms with Crippen molar-refractivity contribution in [3.05, 3.63) is 34.3 Å². The molecule has 0 fully saturated rings. The van der Waals surface area contributed by atoms with Crippen molar-refractivity contribution in [1.82, 2.24) is 4.90 Å². The minimum absolute atomic E-state index is 0. The summed E-state index contributed by atoms with van der Waals surface area (Å²) in [6.45, 7) is 2.61. The molecule has 102 valence electrons. The van der Waals surface area contributed by atoms with Crippen LogP contribution in [0.15, 0.2) is 28.7 Å². The first kappa shape index (κ1) is 17.4. The van der Waals surface area contributed by atoms with E-state index in [2.05, 4.69) is 15.9 Å². The molecule has 2 N–H and O–H groups in total. The Balaban J connectivity index is 0.00000289. The highest BCUT2D eigenvalue weighted by molar-refractivity contribution is 9.10. The van der Waals surface area contributed by atoms with Crippen LogP contribution in [0, 0.1) is 0 Å². The van der Waals surface area contributed by atoms with E-state index in [1.165, 1.54) is 0 Å². The number of amides is 1. The van der Waals surface area contributed by atoms with Crippen LogP contribution in [0.3, 0.4) is 0 Å². The van der Waals surface area contributed by atoms with Gasteiger partial charge in [0, 0.05) is 18.1 Å². The normalized spacial score (nSPS) is 11.6. The lowest BCUT2D eigenvalue weighted by Crippen LogP contribution is -2.41. The lowest BCUT2D eigenvalue weighted by Gasteiger charge is -2.21. The second-order valence-electron chi connectivity index (χ2n) is 4.18. The Morgan fingerprint density at radius 3 is 2.61 bits per heavy atom. The molecule has 18 heavy (non-hydrogen) atoms. The van der Waals surface area contributed by atoms with E-state index in [4.69, 9.17) is 5.73 Å². The third-order valence-electron chi connectivity index (χ3n) is 2.66. The number of benzene rings is 1. The van der Waals surface area contributed by atoms with Crippen molar-refractivity contribution in [2.24, 2.45) is 5.73 Å². The Bertz CT molecular complexity index is 387. The van der Waals surface area contributed by atoms with Crippen molar-refractivity contribution in [1.29, 1.82) is 0 Å². The van der Waals surface area contributed by atoms with Crippen LogP contribution in [0.5, 0.6) is 0 Å². The van der Waals surface area contributed by atoms with E-state index >= 15 is 0 Å². The van der Waals surface area contributed by atoms with Crippen LogP contribution in [-0.2, 0) is 11.3 Å². The summed E-state index contributed by atoms with van der Waals surface area (Å²) < 4.78 is 1.02. The Morgan fingerprint density at radius 2 is 2.06 bits per heavy atom. The van der Waals surface area contributed by atoms with Gasteiger partial charge in [0.1, 0.15) is 0 Å². The van der Waals surface area contributed by atoms with E-state index in [9.17, 15) is 4.79 Å². The van der Waals surface area contributed by atoms with Crippen LogP contribution in [0.25, 0.3) is 0 Å². The largest absolute Gasteiger partial charge is 0.340 e. The zero-order valence-electron chi connectivity index (χ0n) is 10.7. The molecule has 0 saturated carbocycles. The summed E-state index contributed by atoms with van der Waals surface area (Å²) in [4.78, 5) is 13.6. The van der Waals surface area contributed by atoms with Gasteiger partial charge in [-0.3, -0.25) is 4.79 Å². The number of nitrogens with zero attached hydrogens (tertiary/aromatic N) is 1. The maximum atomic E-state index is 11.9. The van der Waals surface area contributed by atoms with Gasteiger partial charge in [-0.15, -0.1) is 12.4 Å². The molecule has 1 aromatic rings. The maximum absolute atomic E-state index is 11.9. The fourth-order valence-corrected chi connectivity index (χ4v) is 2.09. The van der Waals surface area contributed by atoms with E-state index in [0.29, 0.717) is 6.54 Å². The molecule has 0 bridgehead atoms. The van der Waals surface area contributed by atoms with Crippen molar-refractivity contribution in [2.45, 2.75) is 32.4 Å². The van der Waals surface area contributed by atoms with E-state index in [-0.39, 0.29) is 24.4 Å². The minimum Gasteiger partial charge on any atom is -0.340 e. The van der Waals surface area contributed by atoms with Crippen LogP contribution in [0.2, 0.25) is 0 Å². The second-order valence-corrected chi connectivity index (χ2v) is 5.04. The third kappa shape index (κ3) is 4.96. The molecular weight excluding hydrogens is 316 g/mol. The molecule has 0 aromatic heterocycles. The molecule has 0 aliphatic carbocycles. The molecule has 5 heteroatoms. The molecule has 0 aliphatic rings. The first-order chi connectivity index (χ1) is 8.06. The highest BCUT2D eigenvalue weighted by Gasteiger charge is 2.17. The van der Waals surface area contributed by atoms with Crippen LogP contribution >= 0.6 is 28.3 Å². The third-order valence-corrected chi connectivity index (χ3v) is 3.43. The highest BCUT2D eigenvalue weighted by atomic mass is 79.9. The second kappa shape index (κ2) is 8.51. The summed E-state index contributed by atoms with van der Waals surface area (Å²) in [6.07, 6.45) is 1.66. The fraction of sp³-hybridized carbons (Fsp3) is 0.462. The van der Waals surface area contributed by atoms with Gasteiger partial charge >= 0.3 is 0 Å². The van der Waals surface area contributed by atoms with Crippen molar-refractivity contribution >= 4 is 34.2 Å². The number of nitrogens with two attached hydrogens (primary N) is 1. The molecule has 1 rings (SSSR count). The smallest absolute Gasteiger partial charge is 0.239 e. The van der Waals surface area contributed by atoms with E-state index in [1.807, 2.05) is 31.2 Å². The molecule has 0 aliphatic heterocycles. The van der Waals surface area contributed by atoms with Crippen molar-refractivity contribution in [3.63, 3.8) is 0 Å². The highest BCUT2D eigenvalue weighted by Crippen LogP contribution is 2.17. The summed E-state index contributed by atoms with van der Waals surface area (Å²) >= 11 is 3.47. The molecule has 0 spiro atoms. The number of rotatable bonds is 5. The number of carbonyl (C=O) groups is 1. The van der Waals surface area contributed by atoms with Gasteiger partial charge in [-0.2, -0.15) is 0 Å². The van der Waals surface area contributed by atoms with Gasteiger partial charge < -0.3 is 10.6 Å². The lowest BCUT2D eigenvalue weighted by molar-refractivity contribution is -0.132. The molecule has 1 aromatic carbocycles. The average Bonchev–Trinajstić information content (AvgIpc) is 2.31. The van der Waals surface area contributed by atoms with Gasteiger partial charge in [0.05, 0.1) is 6.04 Å². The number of hydrogen-bond acceptors (Lipinski definition) is 2. The summed E-state index contributed by atoms with van der Waals surface area (Å²) in [6, 6.07) is 7.51. The molecule has 0 radical (unpaired) electrons. The molecule has 0 heterocycles. The first-order valence-electron chi connectivity index (χ1n) is 5.80. The van der Waals surface area contributed by atoms with Gasteiger partial charge in [0.2, 0.25) is 5.91 Å². The van der Waals surface area contributed by atoms with Gasteiger partial charge in [0.15, 0.2) is 0 Å². The molecule has 1 amide bonds. The Hall–Kier alpha value is -0.580. The number of likely N-dealkylation sites (N-methyl/N-ethyl adjacent to an activating group) is 1. The Morgan fingerprint density at radius 1 is 1.44 bits per heavy atom. The van der Waals surface area contributed by atoms with Crippen molar-refractivity contribution < 1.29 is 4.79 Å². The topological polar surface area (TPSA) is 46.3 Å². The molecule has 1 atom stereocenters. The molecule has 0 saturated heterocycles. The zero-order chi connectivity index (χ0) is 12.8. The van der Waals surface area contributed by atoms with Gasteiger partial charge in [-0.25, -0.2) is 0 Å². The predicted molar refractivity (Wildman–Crippen MR) is 80.7 cm³/mol. The van der Waals surface area contributed by atoms with Crippen molar-refractivity contribution in [2.75, 3.05) is 7.05 Å². The quantitative estimate of drug-likeness (QED) is 0.899. The summed E-state index contributed by atoms with van der Waals surface area (Å²) in [7, 11) is 1.79. The van der Waals surface area contributed by atoms with Crippen LogP contribution in [0.4, 0.5) is 0 Å². The zero-order valence-corrected chi connectivity index (χ0v) is 13.1. The standard InChI is InChI=1S/C13H19BrN2O.ClH/c1-3-6-12(15)13(17)16(2)9-10-7-4-5-8-11(10)14;/h4-5,7-8,12H,3,6,9,15H2,1-2H3;1H. The van der Waals surface area contributed by atoms with Gasteiger partial charge in [-0.05, 0) is 18.1 Å². The van der Waals surface area contributed by atoms with E-state index < -0.39 is 0 Å². The van der Waals surface area contributed by atoms with E-state index in [0.717, 1.165) is 22.9 Å². The van der Waals surface area contributed by atoms with Crippen LogP contribution < -0.4 is 5.73 Å². The minimum atomic E-state index is -0.382. The lowest BCUT2D eigenvalue weighted by atomic mass is 10.1. The Labute approximate surface area is 123 Å². The number of halogens is 2. The average molecular weight is 336 g/mol. The van der Waals surface area contributed by atoms with Crippen molar-refractivity contribution in [3.8, 4) is 0 Å². The summed E-state index contributed by atoms with van der Waals surface area (Å²) in [5.74, 6) is 0.00241. The van der Waals surface area contributed by atoms with Crippen LogP contribution in [0.1, 0.15) is 25.3 Å².